The Kier molecular flexibility index (Phi) is 7.87. The highest BCUT2D eigenvalue weighted by molar-refractivity contribution is 7.99. The molecule has 0 aliphatic rings. The van der Waals surface area contributed by atoms with Gasteiger partial charge in [-0.2, -0.15) is 15.0 Å². The summed E-state index contributed by atoms with van der Waals surface area (Å²) in [5, 5.41) is 12.3. The van der Waals surface area contributed by atoms with Crippen molar-refractivity contribution in [1.82, 2.24) is 15.0 Å². The topological polar surface area (TPSA) is 121 Å². The molecule has 4 N–H and O–H groups in total. The maximum Gasteiger partial charge on any atom is 0.234 e. The number of hydrogen-bond donors (Lipinski definition) is 4. The van der Waals surface area contributed by atoms with E-state index < -0.39 is 0 Å². The lowest BCUT2D eigenvalue weighted by Gasteiger charge is -2.10. The first-order valence-electron chi connectivity index (χ1n) is 10.7. The van der Waals surface area contributed by atoms with E-state index in [0.717, 1.165) is 11.4 Å². The van der Waals surface area contributed by atoms with Crippen molar-refractivity contribution in [3.05, 3.63) is 84.9 Å². The van der Waals surface area contributed by atoms with Gasteiger partial charge in [-0.05, 0) is 48.5 Å². The summed E-state index contributed by atoms with van der Waals surface area (Å²) in [6, 6.07) is 26.0. The van der Waals surface area contributed by atoms with Crippen molar-refractivity contribution in [3.63, 3.8) is 0 Å². The first kappa shape index (κ1) is 23.7. The summed E-state index contributed by atoms with van der Waals surface area (Å²) in [4.78, 5) is 37.0. The fourth-order valence-electron chi connectivity index (χ4n) is 3.00. The third-order valence-corrected chi connectivity index (χ3v) is 5.34. The van der Waals surface area contributed by atoms with Crippen molar-refractivity contribution in [2.24, 2.45) is 0 Å². The van der Waals surface area contributed by atoms with E-state index in [-0.39, 0.29) is 17.6 Å². The maximum atomic E-state index is 12.5. The van der Waals surface area contributed by atoms with Crippen LogP contribution in [0.1, 0.15) is 6.92 Å². The van der Waals surface area contributed by atoms with Gasteiger partial charge in [-0.3, -0.25) is 9.59 Å². The first-order valence-corrected chi connectivity index (χ1v) is 11.7. The standard InChI is InChI=1S/C25H23N7O2S/c1-17(33)26-20-12-14-21(15-13-20)27-22(34)16-35-25-31-23(28-18-8-4-2-5-9-18)30-24(32-25)29-19-10-6-3-7-11-19/h2-15H,16H2,1H3,(H,26,33)(H,27,34)(H2,28,29,30,31,32). The number of hydrogen-bond acceptors (Lipinski definition) is 8. The van der Waals surface area contributed by atoms with Gasteiger partial charge in [-0.25, -0.2) is 0 Å². The van der Waals surface area contributed by atoms with Gasteiger partial charge in [0.25, 0.3) is 0 Å². The number of carbonyl (C=O) groups excluding carboxylic acids is 2. The first-order chi connectivity index (χ1) is 17.0. The summed E-state index contributed by atoms with van der Waals surface area (Å²) in [7, 11) is 0. The lowest BCUT2D eigenvalue weighted by atomic mass is 10.3. The van der Waals surface area contributed by atoms with Crippen LogP contribution in [-0.4, -0.2) is 32.5 Å². The Balaban J connectivity index is 1.44. The predicted octanol–water partition coefficient (Wildman–Crippen LogP) is 5.05. The molecule has 0 aliphatic carbocycles. The van der Waals surface area contributed by atoms with Gasteiger partial charge in [0, 0.05) is 29.7 Å². The molecule has 176 valence electrons. The number of carbonyl (C=O) groups is 2. The van der Waals surface area contributed by atoms with Gasteiger partial charge < -0.3 is 21.3 Å². The molecule has 3 aromatic carbocycles. The molecule has 10 heteroatoms. The van der Waals surface area contributed by atoms with E-state index in [4.69, 9.17) is 0 Å². The van der Waals surface area contributed by atoms with E-state index in [1.54, 1.807) is 24.3 Å². The molecule has 1 heterocycles. The van der Waals surface area contributed by atoms with Gasteiger partial charge in [0.15, 0.2) is 5.16 Å². The summed E-state index contributed by atoms with van der Waals surface area (Å²) < 4.78 is 0. The Morgan fingerprint density at radius 2 is 1.14 bits per heavy atom. The third-order valence-electron chi connectivity index (χ3n) is 4.50. The number of thioether (sulfide) groups is 1. The van der Waals surface area contributed by atoms with Gasteiger partial charge in [0.2, 0.25) is 23.7 Å². The van der Waals surface area contributed by atoms with Crippen LogP contribution >= 0.6 is 11.8 Å². The SMILES string of the molecule is CC(=O)Nc1ccc(NC(=O)CSc2nc(Nc3ccccc3)nc(Nc3ccccc3)n2)cc1. The van der Waals surface area contributed by atoms with E-state index in [1.165, 1.54) is 18.7 Å². The van der Waals surface area contributed by atoms with E-state index in [2.05, 4.69) is 36.2 Å². The molecule has 0 saturated heterocycles. The van der Waals surface area contributed by atoms with Crippen molar-refractivity contribution in [3.8, 4) is 0 Å². The van der Waals surface area contributed by atoms with Crippen molar-refractivity contribution in [1.29, 1.82) is 0 Å². The number of aromatic nitrogens is 3. The molecule has 1 aromatic heterocycles. The predicted molar refractivity (Wildman–Crippen MR) is 139 cm³/mol. The zero-order valence-corrected chi connectivity index (χ0v) is 19.7. The minimum atomic E-state index is -0.210. The summed E-state index contributed by atoms with van der Waals surface area (Å²) in [5.41, 5.74) is 2.95. The molecule has 0 spiro atoms. The zero-order valence-electron chi connectivity index (χ0n) is 18.9. The molecule has 0 fully saturated rings. The number of nitrogens with zero attached hydrogens (tertiary/aromatic N) is 3. The minimum absolute atomic E-state index is 0.104. The molecule has 0 bridgehead atoms. The molecule has 9 nitrogen and oxygen atoms in total. The van der Waals surface area contributed by atoms with E-state index in [0.29, 0.717) is 28.4 Å². The second kappa shape index (κ2) is 11.6. The van der Waals surface area contributed by atoms with E-state index >= 15 is 0 Å². The van der Waals surface area contributed by atoms with Crippen LogP contribution in [0.3, 0.4) is 0 Å². The largest absolute Gasteiger partial charge is 0.326 e. The van der Waals surface area contributed by atoms with Gasteiger partial charge in [0.1, 0.15) is 0 Å². The van der Waals surface area contributed by atoms with Crippen LogP contribution in [0.5, 0.6) is 0 Å². The average Bonchev–Trinajstić information content (AvgIpc) is 2.85. The van der Waals surface area contributed by atoms with E-state index in [1.807, 2.05) is 60.7 Å². The molecule has 35 heavy (non-hydrogen) atoms. The van der Waals surface area contributed by atoms with Gasteiger partial charge >= 0.3 is 0 Å². The Morgan fingerprint density at radius 3 is 1.63 bits per heavy atom. The fourth-order valence-corrected chi connectivity index (χ4v) is 3.64. The van der Waals surface area contributed by atoms with Crippen LogP contribution in [0.25, 0.3) is 0 Å². The highest BCUT2D eigenvalue weighted by atomic mass is 32.2. The highest BCUT2D eigenvalue weighted by Gasteiger charge is 2.11. The number of anilines is 6. The molecule has 0 radical (unpaired) electrons. The number of para-hydroxylation sites is 2. The smallest absolute Gasteiger partial charge is 0.234 e. The number of rotatable bonds is 9. The molecule has 0 aliphatic heterocycles. The molecular weight excluding hydrogens is 462 g/mol. The molecule has 0 unspecified atom stereocenters. The molecule has 4 rings (SSSR count). The van der Waals surface area contributed by atoms with Gasteiger partial charge in [-0.1, -0.05) is 48.2 Å². The van der Waals surface area contributed by atoms with Crippen LogP contribution in [0, 0.1) is 0 Å². The lowest BCUT2D eigenvalue weighted by molar-refractivity contribution is -0.114. The van der Waals surface area contributed by atoms with E-state index in [9.17, 15) is 9.59 Å². The number of amides is 2. The van der Waals surface area contributed by atoms with Crippen LogP contribution in [0.15, 0.2) is 90.1 Å². The second-order valence-electron chi connectivity index (χ2n) is 7.34. The van der Waals surface area contributed by atoms with Crippen LogP contribution < -0.4 is 21.3 Å². The fraction of sp³-hybridized carbons (Fsp3) is 0.0800. The van der Waals surface area contributed by atoms with Crippen molar-refractivity contribution in [2.45, 2.75) is 12.1 Å². The number of nitrogens with one attached hydrogen (secondary N) is 4. The molecular formula is C25H23N7O2S. The molecule has 0 saturated carbocycles. The number of benzene rings is 3. The monoisotopic (exact) mass is 485 g/mol. The lowest BCUT2D eigenvalue weighted by Crippen LogP contribution is -2.15. The molecule has 4 aromatic rings. The van der Waals surface area contributed by atoms with Crippen molar-refractivity contribution < 1.29 is 9.59 Å². The van der Waals surface area contributed by atoms with Gasteiger partial charge in [0.05, 0.1) is 5.75 Å². The normalized spacial score (nSPS) is 10.3. The summed E-state index contributed by atoms with van der Waals surface area (Å²) in [6.07, 6.45) is 0. The Hall–Kier alpha value is -4.44. The third kappa shape index (κ3) is 7.54. The highest BCUT2D eigenvalue weighted by Crippen LogP contribution is 2.22. The molecule has 2 amide bonds. The summed E-state index contributed by atoms with van der Waals surface area (Å²) >= 11 is 1.20. The van der Waals surface area contributed by atoms with Gasteiger partial charge in [-0.15, -0.1) is 0 Å². The molecule has 0 atom stereocenters. The average molecular weight is 486 g/mol. The zero-order chi connectivity index (χ0) is 24.5. The second-order valence-corrected chi connectivity index (χ2v) is 8.29. The van der Waals surface area contributed by atoms with Crippen molar-refractivity contribution >= 4 is 58.2 Å². The quantitative estimate of drug-likeness (QED) is 0.243. The maximum absolute atomic E-state index is 12.5. The Morgan fingerprint density at radius 1 is 0.657 bits per heavy atom. The summed E-state index contributed by atoms with van der Waals surface area (Å²) in [5.74, 6) is 0.463. The minimum Gasteiger partial charge on any atom is -0.326 e. The Labute approximate surface area is 206 Å². The van der Waals surface area contributed by atoms with Crippen LogP contribution in [0.2, 0.25) is 0 Å². The van der Waals surface area contributed by atoms with Crippen molar-refractivity contribution in [2.75, 3.05) is 27.0 Å². The Bertz CT molecular complexity index is 1230. The summed E-state index contributed by atoms with van der Waals surface area (Å²) in [6.45, 7) is 1.44. The van der Waals surface area contributed by atoms with Crippen LogP contribution in [-0.2, 0) is 9.59 Å². The van der Waals surface area contributed by atoms with Crippen LogP contribution in [0.4, 0.5) is 34.6 Å².